The number of hydrogen-bond acceptors (Lipinski definition) is 2. The van der Waals surface area contributed by atoms with E-state index in [1.807, 2.05) is 0 Å². The first-order valence-electron chi connectivity index (χ1n) is 8.29. The number of rotatable bonds is 8. The minimum Gasteiger partial charge on any atom is -0.316 e. The highest BCUT2D eigenvalue weighted by Gasteiger charge is 2.30. The molecule has 0 spiro atoms. The number of nitrogens with one attached hydrogen (secondary N) is 1. The first kappa shape index (κ1) is 17.0. The van der Waals surface area contributed by atoms with Gasteiger partial charge in [-0.15, -0.1) is 0 Å². The Kier molecular flexibility index (Phi) is 6.82. The van der Waals surface area contributed by atoms with Crippen molar-refractivity contribution in [2.45, 2.75) is 54.4 Å². The average molecular weight is 268 g/mol. The van der Waals surface area contributed by atoms with Crippen molar-refractivity contribution in [1.82, 2.24) is 10.2 Å². The van der Waals surface area contributed by atoms with Crippen molar-refractivity contribution in [3.05, 3.63) is 0 Å². The van der Waals surface area contributed by atoms with Gasteiger partial charge in [0, 0.05) is 19.6 Å². The van der Waals surface area contributed by atoms with Crippen molar-refractivity contribution in [2.24, 2.45) is 23.2 Å². The van der Waals surface area contributed by atoms with Gasteiger partial charge in [0.1, 0.15) is 0 Å². The largest absolute Gasteiger partial charge is 0.316 e. The van der Waals surface area contributed by atoms with E-state index in [-0.39, 0.29) is 0 Å². The van der Waals surface area contributed by atoms with Crippen LogP contribution in [0.3, 0.4) is 0 Å². The lowest BCUT2D eigenvalue weighted by Crippen LogP contribution is -2.42. The molecular formula is C17H36N2. The Hall–Kier alpha value is -0.0800. The Morgan fingerprint density at radius 2 is 1.95 bits per heavy atom. The molecule has 0 aromatic rings. The maximum absolute atomic E-state index is 3.66. The lowest BCUT2D eigenvalue weighted by atomic mass is 9.86. The lowest BCUT2D eigenvalue weighted by molar-refractivity contribution is 0.171. The van der Waals surface area contributed by atoms with Gasteiger partial charge in [-0.25, -0.2) is 0 Å². The summed E-state index contributed by atoms with van der Waals surface area (Å²) < 4.78 is 0. The molecule has 0 aliphatic carbocycles. The van der Waals surface area contributed by atoms with Crippen molar-refractivity contribution in [3.8, 4) is 0 Å². The van der Waals surface area contributed by atoms with Crippen LogP contribution in [0.1, 0.15) is 54.4 Å². The van der Waals surface area contributed by atoms with Gasteiger partial charge in [-0.2, -0.15) is 0 Å². The maximum Gasteiger partial charge on any atom is 0.00475 e. The quantitative estimate of drug-likeness (QED) is 0.723. The highest BCUT2D eigenvalue weighted by Crippen LogP contribution is 2.28. The Morgan fingerprint density at radius 1 is 1.26 bits per heavy atom. The monoisotopic (exact) mass is 268 g/mol. The van der Waals surface area contributed by atoms with Crippen LogP contribution in [0.5, 0.6) is 0 Å². The highest BCUT2D eigenvalue weighted by atomic mass is 15.2. The summed E-state index contributed by atoms with van der Waals surface area (Å²) in [4.78, 5) is 2.70. The Balaban J connectivity index is 2.38. The first-order valence-corrected chi connectivity index (χ1v) is 8.29. The molecule has 1 fully saturated rings. The van der Waals surface area contributed by atoms with Gasteiger partial charge >= 0.3 is 0 Å². The summed E-state index contributed by atoms with van der Waals surface area (Å²) in [6.45, 7) is 20.3. The van der Waals surface area contributed by atoms with Gasteiger partial charge in [-0.05, 0) is 49.1 Å². The minimum absolute atomic E-state index is 0.431. The molecule has 114 valence electrons. The number of nitrogens with zero attached hydrogens (tertiary/aromatic N) is 1. The molecule has 2 atom stereocenters. The summed E-state index contributed by atoms with van der Waals surface area (Å²) >= 11 is 0. The molecule has 2 nitrogen and oxygen atoms in total. The topological polar surface area (TPSA) is 15.3 Å². The zero-order chi connectivity index (χ0) is 14.5. The Bertz CT molecular complexity index is 250. The molecule has 1 heterocycles. The predicted octanol–water partition coefficient (Wildman–Crippen LogP) is 3.63. The molecule has 0 saturated carbocycles. The minimum atomic E-state index is 0.431. The Labute approximate surface area is 121 Å². The molecule has 19 heavy (non-hydrogen) atoms. The molecule has 0 bridgehead atoms. The van der Waals surface area contributed by atoms with Gasteiger partial charge in [0.15, 0.2) is 0 Å². The van der Waals surface area contributed by atoms with Crippen LogP contribution in [-0.2, 0) is 0 Å². The molecular weight excluding hydrogens is 232 g/mol. The standard InChI is InChI=1S/C17H36N2/c1-7-17(6,12-18-10-14(2)3)13-19-9-8-16(11-19)15(4)5/h14-16,18H,7-13H2,1-6H3. The molecule has 1 saturated heterocycles. The van der Waals surface area contributed by atoms with Crippen LogP contribution >= 0.6 is 0 Å². The van der Waals surface area contributed by atoms with Crippen molar-refractivity contribution in [3.63, 3.8) is 0 Å². The number of likely N-dealkylation sites (tertiary alicyclic amines) is 1. The Morgan fingerprint density at radius 3 is 2.42 bits per heavy atom. The molecule has 1 aliphatic heterocycles. The van der Waals surface area contributed by atoms with Gasteiger partial charge in [0.2, 0.25) is 0 Å². The smallest absolute Gasteiger partial charge is 0.00475 e. The van der Waals surface area contributed by atoms with Gasteiger partial charge < -0.3 is 10.2 Å². The summed E-state index contributed by atoms with van der Waals surface area (Å²) in [5.41, 5.74) is 0.431. The van der Waals surface area contributed by atoms with Crippen molar-refractivity contribution in [1.29, 1.82) is 0 Å². The molecule has 0 radical (unpaired) electrons. The van der Waals surface area contributed by atoms with Gasteiger partial charge in [-0.1, -0.05) is 41.5 Å². The van der Waals surface area contributed by atoms with Gasteiger partial charge in [0.05, 0.1) is 0 Å². The van der Waals surface area contributed by atoms with Gasteiger partial charge in [-0.3, -0.25) is 0 Å². The molecule has 1 rings (SSSR count). The second-order valence-electron chi connectivity index (χ2n) is 7.72. The fourth-order valence-corrected chi connectivity index (χ4v) is 3.05. The average Bonchev–Trinajstić information content (AvgIpc) is 2.77. The van der Waals surface area contributed by atoms with E-state index in [1.54, 1.807) is 0 Å². The van der Waals surface area contributed by atoms with E-state index in [2.05, 4.69) is 51.8 Å². The zero-order valence-corrected chi connectivity index (χ0v) is 14.1. The van der Waals surface area contributed by atoms with Crippen LogP contribution in [0.25, 0.3) is 0 Å². The van der Waals surface area contributed by atoms with Crippen LogP contribution in [0.4, 0.5) is 0 Å². The van der Waals surface area contributed by atoms with E-state index < -0.39 is 0 Å². The van der Waals surface area contributed by atoms with Crippen molar-refractivity contribution < 1.29 is 0 Å². The maximum atomic E-state index is 3.66. The van der Waals surface area contributed by atoms with Crippen LogP contribution in [-0.4, -0.2) is 37.6 Å². The van der Waals surface area contributed by atoms with Crippen LogP contribution in [0.15, 0.2) is 0 Å². The van der Waals surface area contributed by atoms with Crippen molar-refractivity contribution >= 4 is 0 Å². The summed E-state index contributed by atoms with van der Waals surface area (Å²) in [5.74, 6) is 2.51. The summed E-state index contributed by atoms with van der Waals surface area (Å²) in [6.07, 6.45) is 2.66. The number of hydrogen-bond donors (Lipinski definition) is 1. The second kappa shape index (κ2) is 7.64. The molecule has 0 amide bonds. The fraction of sp³-hybridized carbons (Fsp3) is 1.00. The molecule has 0 aromatic heterocycles. The van der Waals surface area contributed by atoms with Gasteiger partial charge in [0.25, 0.3) is 0 Å². The van der Waals surface area contributed by atoms with E-state index in [4.69, 9.17) is 0 Å². The van der Waals surface area contributed by atoms with E-state index in [0.29, 0.717) is 5.41 Å². The lowest BCUT2D eigenvalue weighted by Gasteiger charge is -2.34. The molecule has 1 aliphatic rings. The van der Waals surface area contributed by atoms with E-state index in [1.165, 1.54) is 32.5 Å². The van der Waals surface area contributed by atoms with E-state index in [9.17, 15) is 0 Å². The molecule has 0 aromatic carbocycles. The highest BCUT2D eigenvalue weighted by molar-refractivity contribution is 4.85. The third-order valence-electron chi connectivity index (χ3n) is 4.81. The van der Waals surface area contributed by atoms with E-state index in [0.717, 1.165) is 30.8 Å². The summed E-state index contributed by atoms with van der Waals surface area (Å²) in [6, 6.07) is 0. The molecule has 2 heteroatoms. The third-order valence-corrected chi connectivity index (χ3v) is 4.81. The van der Waals surface area contributed by atoms with Crippen LogP contribution in [0.2, 0.25) is 0 Å². The predicted molar refractivity (Wildman–Crippen MR) is 85.5 cm³/mol. The SMILES string of the molecule is CCC(C)(CNCC(C)C)CN1CCC(C(C)C)C1. The van der Waals surface area contributed by atoms with Crippen molar-refractivity contribution in [2.75, 3.05) is 32.7 Å². The first-order chi connectivity index (χ1) is 8.86. The van der Waals surface area contributed by atoms with Crippen LogP contribution in [0, 0.1) is 23.2 Å². The fourth-order valence-electron chi connectivity index (χ4n) is 3.05. The van der Waals surface area contributed by atoms with Crippen LogP contribution < -0.4 is 5.32 Å². The third kappa shape index (κ3) is 5.83. The molecule has 2 unspecified atom stereocenters. The second-order valence-corrected chi connectivity index (χ2v) is 7.72. The zero-order valence-electron chi connectivity index (χ0n) is 14.1. The normalized spacial score (nSPS) is 24.3. The summed E-state index contributed by atoms with van der Waals surface area (Å²) in [5, 5.41) is 3.66. The molecule has 1 N–H and O–H groups in total. The van der Waals surface area contributed by atoms with E-state index >= 15 is 0 Å². The summed E-state index contributed by atoms with van der Waals surface area (Å²) in [7, 11) is 0.